The fourth-order valence-electron chi connectivity index (χ4n) is 4.97. The number of fused-ring (bicyclic) bond motifs is 1. The lowest BCUT2D eigenvalue weighted by Gasteiger charge is -2.24. The highest BCUT2D eigenvalue weighted by Crippen LogP contribution is 2.48. The summed E-state index contributed by atoms with van der Waals surface area (Å²) < 4.78 is 67.0. The van der Waals surface area contributed by atoms with Crippen LogP contribution >= 0.6 is 0 Å². The van der Waals surface area contributed by atoms with E-state index in [-0.39, 0.29) is 53.8 Å². The summed E-state index contributed by atoms with van der Waals surface area (Å²) in [6.45, 7) is -0.508. The van der Waals surface area contributed by atoms with E-state index in [0.29, 0.717) is 22.4 Å². The van der Waals surface area contributed by atoms with Crippen LogP contribution in [0.15, 0.2) is 36.8 Å². The van der Waals surface area contributed by atoms with Gasteiger partial charge in [-0.3, -0.25) is 0 Å². The molecule has 3 aromatic heterocycles. The SMILES string of the molecule is C#CCN(Cc1ccc(-c2nc(C(F)(F)F)cn2C)cc1)c1nc(-c2c(OC)ncnc2C2CC2)nc2c1OCC2(O)F. The van der Waals surface area contributed by atoms with Crippen LogP contribution in [0, 0.1) is 12.3 Å². The molecule has 0 spiro atoms. The van der Waals surface area contributed by atoms with Crippen molar-refractivity contribution in [1.82, 2.24) is 29.5 Å². The maximum Gasteiger partial charge on any atom is 0.434 e. The number of benzene rings is 1. The van der Waals surface area contributed by atoms with Crippen LogP contribution < -0.4 is 14.4 Å². The van der Waals surface area contributed by atoms with Gasteiger partial charge < -0.3 is 24.0 Å². The number of hydrogen-bond acceptors (Lipinski definition) is 9. The van der Waals surface area contributed by atoms with Crippen LogP contribution in [0.3, 0.4) is 0 Å². The van der Waals surface area contributed by atoms with Gasteiger partial charge in [0, 0.05) is 31.3 Å². The van der Waals surface area contributed by atoms with E-state index in [9.17, 15) is 18.3 Å². The molecule has 1 atom stereocenters. The molecular formula is C29H25F4N7O3. The Morgan fingerprint density at radius 2 is 1.93 bits per heavy atom. The van der Waals surface area contributed by atoms with Gasteiger partial charge in [-0.1, -0.05) is 30.2 Å². The number of rotatable bonds is 8. The molecule has 6 rings (SSSR count). The lowest BCUT2D eigenvalue weighted by atomic mass is 10.1. The van der Waals surface area contributed by atoms with E-state index in [1.807, 2.05) is 0 Å². The fourth-order valence-corrected chi connectivity index (χ4v) is 4.97. The number of imidazole rings is 1. The molecule has 4 heterocycles. The maximum atomic E-state index is 15.3. The maximum absolute atomic E-state index is 15.3. The van der Waals surface area contributed by atoms with Gasteiger partial charge in [0.2, 0.25) is 5.88 Å². The third-order valence-corrected chi connectivity index (χ3v) is 7.18. The minimum atomic E-state index is -4.56. The minimum Gasteiger partial charge on any atom is -0.481 e. The number of anilines is 1. The van der Waals surface area contributed by atoms with Crippen molar-refractivity contribution in [2.75, 3.05) is 25.2 Å². The predicted octanol–water partition coefficient (Wildman–Crippen LogP) is 4.39. The molecule has 0 amide bonds. The lowest BCUT2D eigenvalue weighted by Crippen LogP contribution is -2.25. The van der Waals surface area contributed by atoms with Crippen LogP contribution in [-0.2, 0) is 25.6 Å². The van der Waals surface area contributed by atoms with E-state index in [1.54, 1.807) is 29.2 Å². The smallest absolute Gasteiger partial charge is 0.434 e. The molecule has 4 aromatic rings. The standard InChI is InChI=1S/C29H25F4N7O3/c1-4-11-40(12-16-5-7-18(8-6-16)25-36-19(13-39(25)2)29(31,32)33)26-22-23(28(30,41)14-43-22)37-24(38-26)20-21(17-9-10-17)34-15-35-27(20)42-3/h1,5-8,13,15,17,41H,9-12,14H2,2-3H3. The van der Waals surface area contributed by atoms with E-state index >= 15 is 4.39 Å². The summed E-state index contributed by atoms with van der Waals surface area (Å²) in [5.74, 6) is 0.298. The fraction of sp³-hybridized carbons (Fsp3) is 0.345. The summed E-state index contributed by atoms with van der Waals surface area (Å²) >= 11 is 0. The van der Waals surface area contributed by atoms with Crippen LogP contribution in [0.25, 0.3) is 22.8 Å². The molecule has 43 heavy (non-hydrogen) atoms. The van der Waals surface area contributed by atoms with Gasteiger partial charge in [0.25, 0.3) is 5.85 Å². The zero-order valence-electron chi connectivity index (χ0n) is 23.1. The highest BCUT2D eigenvalue weighted by Gasteiger charge is 2.45. The Morgan fingerprint density at radius 1 is 1.19 bits per heavy atom. The van der Waals surface area contributed by atoms with Gasteiger partial charge in [0.05, 0.1) is 19.3 Å². The summed E-state index contributed by atoms with van der Waals surface area (Å²) in [5.41, 5.74) is 0.892. The number of aromatic nitrogens is 6. The van der Waals surface area contributed by atoms with Crippen molar-refractivity contribution in [3.05, 3.63) is 59.4 Å². The molecule has 1 unspecified atom stereocenters. The van der Waals surface area contributed by atoms with Crippen molar-refractivity contribution in [3.8, 4) is 46.7 Å². The molecule has 2 aliphatic rings. The van der Waals surface area contributed by atoms with E-state index in [2.05, 4.69) is 25.9 Å². The number of terminal acetylenes is 1. The first-order chi connectivity index (χ1) is 20.5. The Kier molecular flexibility index (Phi) is 6.92. The highest BCUT2D eigenvalue weighted by molar-refractivity contribution is 5.70. The molecule has 1 N–H and O–H groups in total. The third-order valence-electron chi connectivity index (χ3n) is 7.18. The average Bonchev–Trinajstić information content (AvgIpc) is 3.68. The topological polar surface area (TPSA) is 111 Å². The summed E-state index contributed by atoms with van der Waals surface area (Å²) in [5, 5.41) is 10.5. The first-order valence-electron chi connectivity index (χ1n) is 13.2. The van der Waals surface area contributed by atoms with Crippen molar-refractivity contribution in [2.45, 2.75) is 37.3 Å². The molecule has 222 valence electrons. The van der Waals surface area contributed by atoms with Gasteiger partial charge >= 0.3 is 6.18 Å². The van der Waals surface area contributed by atoms with Gasteiger partial charge in [-0.25, -0.2) is 29.3 Å². The van der Waals surface area contributed by atoms with Gasteiger partial charge in [-0.15, -0.1) is 6.42 Å². The summed E-state index contributed by atoms with van der Waals surface area (Å²) in [4.78, 5) is 23.1. The van der Waals surface area contributed by atoms with Crippen LogP contribution in [-0.4, -0.2) is 54.9 Å². The van der Waals surface area contributed by atoms with Gasteiger partial charge in [-0.05, 0) is 18.4 Å². The number of nitrogens with zero attached hydrogens (tertiary/aromatic N) is 7. The van der Waals surface area contributed by atoms with Crippen LogP contribution in [0.5, 0.6) is 11.6 Å². The number of hydrogen-bond donors (Lipinski definition) is 1. The predicted molar refractivity (Wildman–Crippen MR) is 146 cm³/mol. The molecule has 1 aromatic carbocycles. The quantitative estimate of drug-likeness (QED) is 0.234. The monoisotopic (exact) mass is 595 g/mol. The molecule has 14 heteroatoms. The number of aliphatic hydroxyl groups is 1. The van der Waals surface area contributed by atoms with Crippen molar-refractivity contribution >= 4 is 5.82 Å². The molecule has 1 saturated carbocycles. The molecule has 0 bridgehead atoms. The molecule has 0 radical (unpaired) electrons. The minimum absolute atomic E-state index is 0.0188. The second kappa shape index (κ2) is 10.5. The third kappa shape index (κ3) is 5.32. The highest BCUT2D eigenvalue weighted by atomic mass is 19.4. The first kappa shape index (κ1) is 28.4. The van der Waals surface area contributed by atoms with E-state index in [1.165, 1.54) is 25.1 Å². The van der Waals surface area contributed by atoms with E-state index in [4.69, 9.17) is 20.9 Å². The van der Waals surface area contributed by atoms with Gasteiger partial charge in [0.1, 0.15) is 17.7 Å². The first-order valence-corrected chi connectivity index (χ1v) is 13.2. The lowest BCUT2D eigenvalue weighted by molar-refractivity contribution is -0.140. The molecule has 1 aliphatic heterocycles. The van der Waals surface area contributed by atoms with Crippen molar-refractivity contribution in [1.29, 1.82) is 0 Å². The summed E-state index contributed by atoms with van der Waals surface area (Å²) in [6, 6.07) is 6.72. The molecule has 1 fully saturated rings. The Morgan fingerprint density at radius 3 is 2.56 bits per heavy atom. The Hall–Kier alpha value is -4.77. The van der Waals surface area contributed by atoms with Gasteiger partial charge in [-0.2, -0.15) is 13.2 Å². The second-order valence-corrected chi connectivity index (χ2v) is 10.3. The van der Waals surface area contributed by atoms with Crippen LogP contribution in [0.2, 0.25) is 0 Å². The van der Waals surface area contributed by atoms with E-state index < -0.39 is 24.3 Å². The van der Waals surface area contributed by atoms with Gasteiger partial charge in [0.15, 0.2) is 35.4 Å². The summed E-state index contributed by atoms with van der Waals surface area (Å²) in [6.07, 6.45) is 5.24. The van der Waals surface area contributed by atoms with Crippen LogP contribution in [0.1, 0.15) is 41.4 Å². The molecule has 1 aliphatic carbocycles. The number of halogens is 4. The normalized spacial score (nSPS) is 17.7. The van der Waals surface area contributed by atoms with Crippen LogP contribution in [0.4, 0.5) is 23.4 Å². The molecular weight excluding hydrogens is 570 g/mol. The average molecular weight is 596 g/mol. The zero-order valence-corrected chi connectivity index (χ0v) is 23.1. The molecule has 10 nitrogen and oxygen atoms in total. The number of alkyl halides is 4. The molecule has 0 saturated heterocycles. The van der Waals surface area contributed by atoms with Crippen molar-refractivity contribution in [3.63, 3.8) is 0 Å². The Balaban J connectivity index is 1.39. The van der Waals surface area contributed by atoms with E-state index in [0.717, 1.165) is 19.0 Å². The Labute approximate surface area is 243 Å². The summed E-state index contributed by atoms with van der Waals surface area (Å²) in [7, 11) is 2.93. The van der Waals surface area contributed by atoms with Crippen molar-refractivity contribution < 1.29 is 32.1 Å². The van der Waals surface area contributed by atoms with Crippen molar-refractivity contribution in [2.24, 2.45) is 7.05 Å². The Bertz CT molecular complexity index is 1730. The second-order valence-electron chi connectivity index (χ2n) is 10.3. The largest absolute Gasteiger partial charge is 0.481 e. The number of methoxy groups -OCH3 is 1. The zero-order chi connectivity index (χ0) is 30.5. The number of aryl methyl sites for hydroxylation is 1. The number of ether oxygens (including phenoxy) is 2.